The zero-order valence-electron chi connectivity index (χ0n) is 15.3. The maximum atomic E-state index is 4.53. The topological polar surface area (TPSA) is 63.8 Å². The number of hydrogen-bond acceptors (Lipinski definition) is 5. The molecule has 26 heavy (non-hydrogen) atoms. The van der Waals surface area contributed by atoms with Crippen molar-refractivity contribution in [3.63, 3.8) is 0 Å². The van der Waals surface area contributed by atoms with E-state index in [0.717, 1.165) is 44.0 Å². The van der Waals surface area contributed by atoms with Crippen LogP contribution >= 0.6 is 24.8 Å². The molecule has 1 unspecified atom stereocenters. The van der Waals surface area contributed by atoms with Crippen molar-refractivity contribution in [3.05, 3.63) is 18.6 Å². The standard InChI is InChI=1S/C17H27N7.2ClH/c1-22-10-2-3-14(22)6-11-23-12-9-19-17(23)16-13-24(21-20-16)15-4-7-18-8-5-15;;/h9,12-15,18H,2-8,10-11H2,1H3;2*1H. The molecule has 0 amide bonds. The van der Waals surface area contributed by atoms with Gasteiger partial charge in [0, 0.05) is 25.0 Å². The first-order chi connectivity index (χ1) is 11.8. The number of imidazole rings is 1. The lowest BCUT2D eigenvalue weighted by Gasteiger charge is -2.22. The molecule has 2 aliphatic rings. The van der Waals surface area contributed by atoms with Gasteiger partial charge in [-0.05, 0) is 58.8 Å². The second kappa shape index (κ2) is 9.69. The molecule has 2 aromatic rings. The van der Waals surface area contributed by atoms with E-state index in [0.29, 0.717) is 12.1 Å². The van der Waals surface area contributed by atoms with Crippen molar-refractivity contribution in [3.8, 4) is 11.5 Å². The van der Waals surface area contributed by atoms with Crippen molar-refractivity contribution in [1.82, 2.24) is 34.8 Å². The predicted molar refractivity (Wildman–Crippen MR) is 107 cm³/mol. The van der Waals surface area contributed by atoms with Crippen LogP contribution in [0, 0.1) is 0 Å². The van der Waals surface area contributed by atoms with Crippen LogP contribution in [0.1, 0.15) is 38.1 Å². The second-order valence-electron chi connectivity index (χ2n) is 7.07. The van der Waals surface area contributed by atoms with Gasteiger partial charge in [0.2, 0.25) is 0 Å². The molecule has 4 rings (SSSR count). The number of likely N-dealkylation sites (tertiary alicyclic amines) is 1. The molecule has 0 bridgehead atoms. The lowest BCUT2D eigenvalue weighted by molar-refractivity contribution is 0.286. The monoisotopic (exact) mass is 401 g/mol. The van der Waals surface area contributed by atoms with E-state index in [2.05, 4.69) is 49.5 Å². The summed E-state index contributed by atoms with van der Waals surface area (Å²) in [4.78, 5) is 7.01. The lowest BCUT2D eigenvalue weighted by atomic mass is 10.1. The third-order valence-electron chi connectivity index (χ3n) is 5.51. The fourth-order valence-electron chi connectivity index (χ4n) is 3.98. The van der Waals surface area contributed by atoms with Gasteiger partial charge in [0.25, 0.3) is 0 Å². The van der Waals surface area contributed by atoms with Gasteiger partial charge in [-0.15, -0.1) is 29.9 Å². The Labute approximate surface area is 167 Å². The van der Waals surface area contributed by atoms with Gasteiger partial charge in [0.1, 0.15) is 5.69 Å². The lowest BCUT2D eigenvalue weighted by Crippen LogP contribution is -2.29. The van der Waals surface area contributed by atoms with Gasteiger partial charge in [-0.25, -0.2) is 9.67 Å². The number of aromatic nitrogens is 5. The van der Waals surface area contributed by atoms with Crippen LogP contribution in [0.3, 0.4) is 0 Å². The molecule has 2 saturated heterocycles. The highest BCUT2D eigenvalue weighted by Crippen LogP contribution is 2.22. The molecule has 2 aliphatic heterocycles. The zero-order valence-corrected chi connectivity index (χ0v) is 16.9. The number of rotatable bonds is 5. The van der Waals surface area contributed by atoms with E-state index in [1.54, 1.807) is 0 Å². The first kappa shape index (κ1) is 21.2. The van der Waals surface area contributed by atoms with Crippen molar-refractivity contribution in [2.24, 2.45) is 0 Å². The third kappa shape index (κ3) is 4.57. The maximum absolute atomic E-state index is 4.53. The van der Waals surface area contributed by atoms with Gasteiger partial charge < -0.3 is 14.8 Å². The summed E-state index contributed by atoms with van der Waals surface area (Å²) in [5.41, 5.74) is 0.887. The molecule has 0 radical (unpaired) electrons. The van der Waals surface area contributed by atoms with E-state index in [9.17, 15) is 0 Å². The van der Waals surface area contributed by atoms with E-state index < -0.39 is 0 Å². The summed E-state index contributed by atoms with van der Waals surface area (Å²) < 4.78 is 4.25. The van der Waals surface area contributed by atoms with Crippen molar-refractivity contribution in [2.45, 2.75) is 50.7 Å². The van der Waals surface area contributed by atoms with E-state index in [4.69, 9.17) is 0 Å². The number of piperidine rings is 1. The van der Waals surface area contributed by atoms with Crippen LogP contribution in [0.25, 0.3) is 11.5 Å². The SMILES string of the molecule is CN1CCCC1CCn1ccnc1-c1cn(C2CCNCC2)nn1.Cl.Cl. The van der Waals surface area contributed by atoms with Crippen LogP contribution in [-0.4, -0.2) is 62.2 Å². The van der Waals surface area contributed by atoms with Crippen LogP contribution < -0.4 is 5.32 Å². The zero-order chi connectivity index (χ0) is 16.4. The third-order valence-corrected chi connectivity index (χ3v) is 5.51. The quantitative estimate of drug-likeness (QED) is 0.832. The van der Waals surface area contributed by atoms with E-state index in [-0.39, 0.29) is 24.8 Å². The molecule has 146 valence electrons. The Balaban J connectivity index is 0.00000121. The molecule has 9 heteroatoms. The number of hydrogen-bond donors (Lipinski definition) is 1. The number of nitrogens with zero attached hydrogens (tertiary/aromatic N) is 6. The first-order valence-electron chi connectivity index (χ1n) is 9.15. The average molecular weight is 402 g/mol. The Morgan fingerprint density at radius 1 is 1.19 bits per heavy atom. The van der Waals surface area contributed by atoms with Crippen LogP contribution in [0.2, 0.25) is 0 Å². The van der Waals surface area contributed by atoms with Crippen molar-refractivity contribution >= 4 is 24.8 Å². The summed E-state index contributed by atoms with van der Waals surface area (Å²) in [6.07, 6.45) is 12.0. The van der Waals surface area contributed by atoms with Crippen molar-refractivity contribution in [1.29, 1.82) is 0 Å². The van der Waals surface area contributed by atoms with Gasteiger partial charge in [-0.2, -0.15) is 0 Å². The minimum Gasteiger partial charge on any atom is -0.330 e. The summed E-state index contributed by atoms with van der Waals surface area (Å²) in [5.74, 6) is 0.941. The van der Waals surface area contributed by atoms with Gasteiger partial charge in [0.15, 0.2) is 5.82 Å². The maximum Gasteiger partial charge on any atom is 0.162 e. The minimum atomic E-state index is 0. The van der Waals surface area contributed by atoms with E-state index in [1.807, 2.05) is 10.9 Å². The van der Waals surface area contributed by atoms with Gasteiger partial charge in [-0.3, -0.25) is 0 Å². The van der Waals surface area contributed by atoms with Crippen LogP contribution in [0.5, 0.6) is 0 Å². The highest BCUT2D eigenvalue weighted by atomic mass is 35.5. The van der Waals surface area contributed by atoms with Crippen LogP contribution in [0.15, 0.2) is 18.6 Å². The normalized spacial score (nSPS) is 21.3. The summed E-state index contributed by atoms with van der Waals surface area (Å²) in [6, 6.07) is 1.16. The van der Waals surface area contributed by atoms with Crippen LogP contribution in [-0.2, 0) is 6.54 Å². The Hall–Kier alpha value is -1.15. The molecule has 0 spiro atoms. The summed E-state index contributed by atoms with van der Waals surface area (Å²) in [6.45, 7) is 4.34. The molecule has 0 aliphatic carbocycles. The summed E-state index contributed by atoms with van der Waals surface area (Å²) in [5, 5.41) is 12.1. The Morgan fingerprint density at radius 2 is 2.00 bits per heavy atom. The van der Waals surface area contributed by atoms with E-state index in [1.165, 1.54) is 25.8 Å². The summed E-state index contributed by atoms with van der Waals surface area (Å²) >= 11 is 0. The number of aryl methyl sites for hydroxylation is 1. The highest BCUT2D eigenvalue weighted by Gasteiger charge is 2.22. The second-order valence-corrected chi connectivity index (χ2v) is 7.07. The average Bonchev–Trinajstić information content (AvgIpc) is 3.34. The van der Waals surface area contributed by atoms with Gasteiger partial charge >= 0.3 is 0 Å². The highest BCUT2D eigenvalue weighted by molar-refractivity contribution is 5.85. The fourth-order valence-corrected chi connectivity index (χ4v) is 3.98. The predicted octanol–water partition coefficient (Wildman–Crippen LogP) is 2.39. The fraction of sp³-hybridized carbons (Fsp3) is 0.706. The Bertz CT molecular complexity index is 666. The molecular weight excluding hydrogens is 373 g/mol. The Kier molecular flexibility index (Phi) is 7.88. The largest absolute Gasteiger partial charge is 0.330 e. The molecule has 0 aromatic carbocycles. The van der Waals surface area contributed by atoms with Crippen molar-refractivity contribution in [2.75, 3.05) is 26.7 Å². The number of halogens is 2. The number of nitrogens with one attached hydrogen (secondary N) is 1. The molecule has 0 saturated carbocycles. The molecule has 1 N–H and O–H groups in total. The molecule has 1 atom stereocenters. The first-order valence-corrected chi connectivity index (χ1v) is 9.15. The van der Waals surface area contributed by atoms with Crippen molar-refractivity contribution < 1.29 is 0 Å². The summed E-state index contributed by atoms with van der Waals surface area (Å²) in [7, 11) is 2.23. The van der Waals surface area contributed by atoms with E-state index >= 15 is 0 Å². The minimum absolute atomic E-state index is 0. The molecule has 7 nitrogen and oxygen atoms in total. The Morgan fingerprint density at radius 3 is 2.73 bits per heavy atom. The van der Waals surface area contributed by atoms with Gasteiger partial charge in [-0.1, -0.05) is 5.21 Å². The molecule has 2 fully saturated rings. The smallest absolute Gasteiger partial charge is 0.162 e. The van der Waals surface area contributed by atoms with Gasteiger partial charge in [0.05, 0.1) is 12.2 Å². The van der Waals surface area contributed by atoms with Crippen LogP contribution in [0.4, 0.5) is 0 Å². The molecule has 2 aromatic heterocycles. The molecular formula is C17H29Cl2N7. The molecule has 4 heterocycles.